The molecule has 0 rings (SSSR count). The fraction of sp³-hybridized carbons (Fsp3) is 1.00. The van der Waals surface area contributed by atoms with Crippen LogP contribution in [-0.4, -0.2) is 6.17 Å². The molecule has 0 aliphatic carbocycles. The zero-order valence-corrected chi connectivity index (χ0v) is 7.08. The largest absolute Gasteiger partial charge is 0.248 e. The predicted octanol–water partition coefficient (Wildman–Crippen LogP) is 3.56. The molecule has 1 heteroatoms. The first-order chi connectivity index (χ1) is 4.27. The van der Waals surface area contributed by atoms with Gasteiger partial charge in [0.15, 0.2) is 0 Å². The molecule has 0 aliphatic heterocycles. The lowest BCUT2D eigenvalue weighted by Crippen LogP contribution is -1.89. The molecule has 0 amide bonds. The van der Waals surface area contributed by atoms with Crippen molar-refractivity contribution in [2.75, 3.05) is 0 Å². The fourth-order valence-electron chi connectivity index (χ4n) is 0.485. The van der Waals surface area contributed by atoms with Crippen molar-refractivity contribution in [1.29, 1.82) is 0 Å². The van der Waals surface area contributed by atoms with Crippen LogP contribution in [0.2, 0.25) is 0 Å². The van der Waals surface area contributed by atoms with Crippen molar-refractivity contribution >= 4 is 0 Å². The topological polar surface area (TPSA) is 0 Å². The van der Waals surface area contributed by atoms with Crippen LogP contribution in [0.25, 0.3) is 0 Å². The van der Waals surface area contributed by atoms with Crippen molar-refractivity contribution in [3.63, 3.8) is 0 Å². The quantitative estimate of drug-likeness (QED) is 0.553. The van der Waals surface area contributed by atoms with E-state index < -0.39 is 6.17 Å². The third kappa shape index (κ3) is 18.1. The lowest BCUT2D eigenvalue weighted by Gasteiger charge is -1.95. The van der Waals surface area contributed by atoms with Crippen molar-refractivity contribution in [3.8, 4) is 0 Å². The molecule has 1 unspecified atom stereocenters. The molecule has 58 valence electrons. The van der Waals surface area contributed by atoms with E-state index in [1.54, 1.807) is 6.92 Å². The normalized spacial score (nSPS) is 11.7. The van der Waals surface area contributed by atoms with Gasteiger partial charge in [-0.25, -0.2) is 4.39 Å². The number of alkyl halides is 1. The van der Waals surface area contributed by atoms with Crippen molar-refractivity contribution in [2.24, 2.45) is 0 Å². The van der Waals surface area contributed by atoms with Gasteiger partial charge in [-0.2, -0.15) is 0 Å². The number of hydrogen-bond acceptors (Lipinski definition) is 0. The third-order valence-electron chi connectivity index (χ3n) is 0.955. The summed E-state index contributed by atoms with van der Waals surface area (Å²) in [5, 5.41) is 0. The molecule has 0 heterocycles. The maximum atomic E-state index is 11.9. The Balaban J connectivity index is 0. The molecule has 0 fully saturated rings. The Kier molecular flexibility index (Phi) is 14.1. The summed E-state index contributed by atoms with van der Waals surface area (Å²) >= 11 is 0. The van der Waals surface area contributed by atoms with E-state index in [9.17, 15) is 4.39 Å². The van der Waals surface area contributed by atoms with Gasteiger partial charge in [0.25, 0.3) is 0 Å². The van der Waals surface area contributed by atoms with Gasteiger partial charge in [0, 0.05) is 0 Å². The van der Waals surface area contributed by atoms with Gasteiger partial charge < -0.3 is 0 Å². The minimum Gasteiger partial charge on any atom is -0.248 e. The van der Waals surface area contributed by atoms with Crippen molar-refractivity contribution < 1.29 is 4.39 Å². The average molecular weight is 134 g/mol. The lowest BCUT2D eigenvalue weighted by molar-refractivity contribution is 0.333. The summed E-state index contributed by atoms with van der Waals surface area (Å²) in [5.74, 6) is 0. The second kappa shape index (κ2) is 10.8. The number of unbranched alkanes of at least 4 members (excludes halogenated alkanes) is 1. The van der Waals surface area contributed by atoms with E-state index in [0.29, 0.717) is 0 Å². The molecule has 0 aromatic heterocycles. The highest BCUT2D eigenvalue weighted by Crippen LogP contribution is 2.01. The Morgan fingerprint density at radius 2 is 1.78 bits per heavy atom. The summed E-state index contributed by atoms with van der Waals surface area (Å²) in [6.07, 6.45) is 2.27. The summed E-state index contributed by atoms with van der Waals surface area (Å²) < 4.78 is 11.9. The Hall–Kier alpha value is -0.0700. The van der Waals surface area contributed by atoms with Gasteiger partial charge in [0.05, 0.1) is 6.17 Å². The van der Waals surface area contributed by atoms with E-state index in [0.717, 1.165) is 19.3 Å². The molecular formula is C8H19F. The second-order valence-corrected chi connectivity index (χ2v) is 1.92. The second-order valence-electron chi connectivity index (χ2n) is 1.92. The molecule has 0 aliphatic rings. The molecule has 0 aromatic rings. The van der Waals surface area contributed by atoms with Crippen LogP contribution in [0.1, 0.15) is 47.0 Å². The molecule has 0 saturated carbocycles. The van der Waals surface area contributed by atoms with Gasteiger partial charge in [-0.05, 0) is 13.3 Å². The molecule has 0 nitrogen and oxygen atoms in total. The fourth-order valence-corrected chi connectivity index (χ4v) is 0.485. The summed E-state index contributed by atoms with van der Waals surface area (Å²) in [4.78, 5) is 0. The minimum atomic E-state index is -0.597. The molecule has 9 heavy (non-hydrogen) atoms. The lowest BCUT2D eigenvalue weighted by atomic mass is 10.2. The summed E-state index contributed by atoms with van der Waals surface area (Å²) in [7, 11) is 0. The molecule has 0 aromatic carbocycles. The van der Waals surface area contributed by atoms with Gasteiger partial charge in [0.1, 0.15) is 0 Å². The van der Waals surface area contributed by atoms with E-state index in [-0.39, 0.29) is 0 Å². The van der Waals surface area contributed by atoms with Crippen LogP contribution in [0, 0.1) is 0 Å². The van der Waals surface area contributed by atoms with Gasteiger partial charge in [-0.15, -0.1) is 0 Å². The Morgan fingerprint density at radius 1 is 1.33 bits per heavy atom. The van der Waals surface area contributed by atoms with E-state index in [2.05, 4.69) is 6.92 Å². The van der Waals surface area contributed by atoms with Crippen LogP contribution in [0.5, 0.6) is 0 Å². The standard InChI is InChI=1S/C6H13F.C2H6/c1-3-4-5-6(2)7;1-2/h6H,3-5H2,1-2H3;1-2H3. The van der Waals surface area contributed by atoms with E-state index >= 15 is 0 Å². The monoisotopic (exact) mass is 134 g/mol. The Labute approximate surface area is 58.5 Å². The van der Waals surface area contributed by atoms with Gasteiger partial charge >= 0.3 is 0 Å². The molecule has 0 N–H and O–H groups in total. The highest BCUT2D eigenvalue weighted by atomic mass is 19.1. The van der Waals surface area contributed by atoms with Crippen LogP contribution in [0.4, 0.5) is 4.39 Å². The Morgan fingerprint density at radius 3 is 1.89 bits per heavy atom. The summed E-state index contributed by atoms with van der Waals surface area (Å²) in [5.41, 5.74) is 0. The number of rotatable bonds is 3. The molecular weight excluding hydrogens is 115 g/mol. The molecule has 1 atom stereocenters. The minimum absolute atomic E-state index is 0.597. The SMILES string of the molecule is CC.CCCCC(C)F. The number of halogens is 1. The van der Waals surface area contributed by atoms with E-state index in [4.69, 9.17) is 0 Å². The summed E-state index contributed by atoms with van der Waals surface area (Å²) in [6.45, 7) is 7.68. The van der Waals surface area contributed by atoms with Gasteiger partial charge in [0.2, 0.25) is 0 Å². The maximum Gasteiger partial charge on any atom is 0.0973 e. The van der Waals surface area contributed by atoms with E-state index in [1.807, 2.05) is 13.8 Å². The number of hydrogen-bond donors (Lipinski definition) is 0. The predicted molar refractivity (Wildman–Crippen MR) is 41.4 cm³/mol. The van der Waals surface area contributed by atoms with Crippen molar-refractivity contribution in [3.05, 3.63) is 0 Å². The highest BCUT2D eigenvalue weighted by Gasteiger charge is 1.93. The van der Waals surface area contributed by atoms with Crippen LogP contribution < -0.4 is 0 Å². The maximum absolute atomic E-state index is 11.9. The zero-order valence-electron chi connectivity index (χ0n) is 7.08. The smallest absolute Gasteiger partial charge is 0.0973 e. The first-order valence-electron chi connectivity index (χ1n) is 3.91. The molecule has 0 radical (unpaired) electrons. The highest BCUT2D eigenvalue weighted by molar-refractivity contribution is 4.44. The van der Waals surface area contributed by atoms with Crippen LogP contribution in [-0.2, 0) is 0 Å². The first kappa shape index (κ1) is 11.7. The summed E-state index contributed by atoms with van der Waals surface area (Å²) in [6, 6.07) is 0. The average Bonchev–Trinajstić information content (AvgIpc) is 1.88. The van der Waals surface area contributed by atoms with Gasteiger partial charge in [-0.1, -0.05) is 33.6 Å². The van der Waals surface area contributed by atoms with E-state index in [1.165, 1.54) is 0 Å². The van der Waals surface area contributed by atoms with Crippen molar-refractivity contribution in [1.82, 2.24) is 0 Å². The zero-order chi connectivity index (χ0) is 7.70. The van der Waals surface area contributed by atoms with Crippen LogP contribution in [0.15, 0.2) is 0 Å². The molecule has 0 saturated heterocycles. The molecule has 0 bridgehead atoms. The van der Waals surface area contributed by atoms with Crippen LogP contribution in [0.3, 0.4) is 0 Å². The van der Waals surface area contributed by atoms with Crippen LogP contribution >= 0.6 is 0 Å². The van der Waals surface area contributed by atoms with Crippen molar-refractivity contribution in [2.45, 2.75) is 53.1 Å². The Bertz CT molecular complexity index is 33.5. The first-order valence-corrected chi connectivity index (χ1v) is 3.91. The third-order valence-corrected chi connectivity index (χ3v) is 0.955. The molecule has 0 spiro atoms. The van der Waals surface area contributed by atoms with Gasteiger partial charge in [-0.3, -0.25) is 0 Å².